The van der Waals surface area contributed by atoms with E-state index in [1.807, 2.05) is 6.07 Å². The number of carbonyl (C=O) groups is 1. The zero-order valence-corrected chi connectivity index (χ0v) is 10.6. The summed E-state index contributed by atoms with van der Waals surface area (Å²) in [6.45, 7) is 2.07. The van der Waals surface area contributed by atoms with Crippen molar-refractivity contribution in [2.45, 2.75) is 12.8 Å². The Balaban J connectivity index is 1.82. The summed E-state index contributed by atoms with van der Waals surface area (Å²) in [5.74, 6) is -0.140. The molecule has 0 atom stereocenters. The number of aromatic nitrogens is 2. The predicted molar refractivity (Wildman–Crippen MR) is 74.4 cm³/mol. The lowest BCUT2D eigenvalue weighted by Gasteiger charge is -2.20. The van der Waals surface area contributed by atoms with Crippen LogP contribution in [0.1, 0.15) is 23.3 Å². The van der Waals surface area contributed by atoms with Gasteiger partial charge in [-0.15, -0.1) is 0 Å². The Morgan fingerprint density at radius 2 is 2.16 bits per heavy atom. The molecule has 3 heterocycles. The van der Waals surface area contributed by atoms with Crippen LogP contribution in [-0.4, -0.2) is 29.0 Å². The SMILES string of the molecule is O=C(Nc1cnccc1N1CCCC1)c1ccc[nH]1. The quantitative estimate of drug-likeness (QED) is 0.885. The summed E-state index contributed by atoms with van der Waals surface area (Å²) < 4.78 is 0. The molecule has 0 unspecified atom stereocenters. The monoisotopic (exact) mass is 256 g/mol. The largest absolute Gasteiger partial charge is 0.370 e. The molecule has 1 amide bonds. The third-order valence-corrected chi connectivity index (χ3v) is 3.34. The summed E-state index contributed by atoms with van der Waals surface area (Å²) in [5.41, 5.74) is 2.37. The van der Waals surface area contributed by atoms with Gasteiger partial charge in [0.1, 0.15) is 5.69 Å². The summed E-state index contributed by atoms with van der Waals surface area (Å²) in [6.07, 6.45) is 7.60. The standard InChI is InChI=1S/C14H16N4O/c19-14(11-4-3-6-16-11)17-12-10-15-7-5-13(12)18-8-1-2-9-18/h3-7,10,16H,1-2,8-9H2,(H,17,19). The van der Waals surface area contributed by atoms with E-state index < -0.39 is 0 Å². The molecule has 98 valence electrons. The lowest BCUT2D eigenvalue weighted by Crippen LogP contribution is -2.21. The summed E-state index contributed by atoms with van der Waals surface area (Å²) in [5, 5.41) is 2.92. The normalized spacial score (nSPS) is 14.6. The number of rotatable bonds is 3. The molecule has 1 fully saturated rings. The summed E-state index contributed by atoms with van der Waals surface area (Å²) in [7, 11) is 0. The Kier molecular flexibility index (Phi) is 3.18. The van der Waals surface area contributed by atoms with Gasteiger partial charge in [-0.3, -0.25) is 9.78 Å². The van der Waals surface area contributed by atoms with Crippen LogP contribution in [0.2, 0.25) is 0 Å². The Labute approximate surface area is 111 Å². The van der Waals surface area contributed by atoms with Gasteiger partial charge < -0.3 is 15.2 Å². The highest BCUT2D eigenvalue weighted by Gasteiger charge is 2.17. The number of amides is 1. The number of aromatic amines is 1. The van der Waals surface area contributed by atoms with E-state index in [0.29, 0.717) is 5.69 Å². The molecule has 0 spiro atoms. The van der Waals surface area contributed by atoms with E-state index >= 15 is 0 Å². The van der Waals surface area contributed by atoms with Gasteiger partial charge in [0.25, 0.3) is 5.91 Å². The van der Waals surface area contributed by atoms with Gasteiger partial charge in [-0.25, -0.2) is 0 Å². The molecule has 3 rings (SSSR count). The summed E-state index contributed by atoms with van der Waals surface area (Å²) >= 11 is 0. The van der Waals surface area contributed by atoms with Crippen LogP contribution in [0.3, 0.4) is 0 Å². The zero-order chi connectivity index (χ0) is 13.1. The molecule has 19 heavy (non-hydrogen) atoms. The molecule has 5 nitrogen and oxygen atoms in total. The minimum Gasteiger partial charge on any atom is -0.370 e. The van der Waals surface area contributed by atoms with Crippen LogP contribution in [0.5, 0.6) is 0 Å². The fourth-order valence-corrected chi connectivity index (χ4v) is 2.38. The molecule has 0 aliphatic carbocycles. The molecular weight excluding hydrogens is 240 g/mol. The minimum absolute atomic E-state index is 0.140. The third-order valence-electron chi connectivity index (χ3n) is 3.34. The van der Waals surface area contributed by atoms with E-state index in [9.17, 15) is 4.79 Å². The Bertz CT molecular complexity index is 559. The third kappa shape index (κ3) is 2.45. The second kappa shape index (κ2) is 5.14. The fraction of sp³-hybridized carbons (Fsp3) is 0.286. The van der Waals surface area contributed by atoms with Crippen LogP contribution >= 0.6 is 0 Å². The van der Waals surface area contributed by atoms with E-state index in [4.69, 9.17) is 0 Å². The van der Waals surface area contributed by atoms with E-state index in [1.54, 1.807) is 30.7 Å². The van der Waals surface area contributed by atoms with Crippen LogP contribution < -0.4 is 10.2 Å². The lowest BCUT2D eigenvalue weighted by atomic mass is 10.3. The first kappa shape index (κ1) is 11.8. The van der Waals surface area contributed by atoms with Gasteiger partial charge in [-0.05, 0) is 31.0 Å². The highest BCUT2D eigenvalue weighted by Crippen LogP contribution is 2.27. The van der Waals surface area contributed by atoms with Crippen molar-refractivity contribution >= 4 is 17.3 Å². The predicted octanol–water partition coefficient (Wildman–Crippen LogP) is 2.26. The van der Waals surface area contributed by atoms with Crippen LogP contribution in [-0.2, 0) is 0 Å². The van der Waals surface area contributed by atoms with Gasteiger partial charge in [0.2, 0.25) is 0 Å². The maximum absolute atomic E-state index is 12.1. The van der Waals surface area contributed by atoms with Gasteiger partial charge >= 0.3 is 0 Å². The Morgan fingerprint density at radius 3 is 2.89 bits per heavy atom. The number of nitrogens with one attached hydrogen (secondary N) is 2. The molecule has 2 aromatic rings. The summed E-state index contributed by atoms with van der Waals surface area (Å²) in [4.78, 5) is 21.3. The first-order valence-corrected chi connectivity index (χ1v) is 6.48. The van der Waals surface area contributed by atoms with E-state index in [1.165, 1.54) is 12.8 Å². The average Bonchev–Trinajstić information content (AvgIpc) is 3.13. The minimum atomic E-state index is -0.140. The van der Waals surface area contributed by atoms with Crippen LogP contribution in [0.4, 0.5) is 11.4 Å². The maximum Gasteiger partial charge on any atom is 0.272 e. The summed E-state index contributed by atoms with van der Waals surface area (Å²) in [6, 6.07) is 5.51. The molecule has 1 aliphatic rings. The molecule has 2 aromatic heterocycles. The molecule has 0 bridgehead atoms. The second-order valence-corrected chi connectivity index (χ2v) is 4.62. The van der Waals surface area contributed by atoms with Crippen LogP contribution in [0.25, 0.3) is 0 Å². The number of nitrogens with zero attached hydrogens (tertiary/aromatic N) is 2. The van der Waals surface area contributed by atoms with E-state index in [0.717, 1.165) is 24.5 Å². The number of H-pyrrole nitrogens is 1. The number of hydrogen-bond acceptors (Lipinski definition) is 3. The van der Waals surface area contributed by atoms with Crippen molar-refractivity contribution in [1.29, 1.82) is 0 Å². The zero-order valence-electron chi connectivity index (χ0n) is 10.6. The van der Waals surface area contributed by atoms with Crippen LogP contribution in [0.15, 0.2) is 36.8 Å². The first-order chi connectivity index (χ1) is 9.34. The molecule has 1 aliphatic heterocycles. The molecule has 5 heteroatoms. The molecule has 0 aromatic carbocycles. The van der Waals surface area contributed by atoms with Crippen molar-refractivity contribution in [3.8, 4) is 0 Å². The van der Waals surface area contributed by atoms with Crippen molar-refractivity contribution < 1.29 is 4.79 Å². The topological polar surface area (TPSA) is 61.0 Å². The number of hydrogen-bond donors (Lipinski definition) is 2. The van der Waals surface area contributed by atoms with E-state index in [-0.39, 0.29) is 5.91 Å². The smallest absolute Gasteiger partial charge is 0.272 e. The van der Waals surface area contributed by atoms with Crippen LogP contribution in [0, 0.1) is 0 Å². The van der Waals surface area contributed by atoms with Crippen molar-refractivity contribution in [3.63, 3.8) is 0 Å². The van der Waals surface area contributed by atoms with Crippen molar-refractivity contribution in [3.05, 3.63) is 42.5 Å². The number of anilines is 2. The lowest BCUT2D eigenvalue weighted by molar-refractivity contribution is 0.102. The molecule has 0 saturated carbocycles. The molecule has 0 radical (unpaired) electrons. The first-order valence-electron chi connectivity index (χ1n) is 6.48. The average molecular weight is 256 g/mol. The van der Waals surface area contributed by atoms with Gasteiger partial charge in [0.15, 0.2) is 0 Å². The van der Waals surface area contributed by atoms with Crippen molar-refractivity contribution in [2.75, 3.05) is 23.3 Å². The highest BCUT2D eigenvalue weighted by atomic mass is 16.1. The Hall–Kier alpha value is -2.30. The van der Waals surface area contributed by atoms with Crippen molar-refractivity contribution in [2.24, 2.45) is 0 Å². The second-order valence-electron chi connectivity index (χ2n) is 4.62. The van der Waals surface area contributed by atoms with Gasteiger partial charge in [0.05, 0.1) is 17.6 Å². The van der Waals surface area contributed by atoms with Gasteiger partial charge in [0, 0.05) is 25.5 Å². The fourth-order valence-electron chi connectivity index (χ4n) is 2.38. The molecular formula is C14H16N4O. The number of carbonyl (C=O) groups excluding carboxylic acids is 1. The maximum atomic E-state index is 12.1. The highest BCUT2D eigenvalue weighted by molar-refractivity contribution is 6.04. The molecule has 2 N–H and O–H groups in total. The van der Waals surface area contributed by atoms with E-state index in [2.05, 4.69) is 20.2 Å². The molecule has 1 saturated heterocycles. The Morgan fingerprint density at radius 1 is 1.32 bits per heavy atom. The number of pyridine rings is 1. The van der Waals surface area contributed by atoms with Crippen molar-refractivity contribution in [1.82, 2.24) is 9.97 Å². The van der Waals surface area contributed by atoms with Gasteiger partial charge in [-0.2, -0.15) is 0 Å². The van der Waals surface area contributed by atoms with Gasteiger partial charge in [-0.1, -0.05) is 0 Å².